The number of ether oxygens (including phenoxy) is 1. The van der Waals surface area contributed by atoms with Gasteiger partial charge in [0.05, 0.1) is 47.3 Å². The van der Waals surface area contributed by atoms with E-state index in [1.807, 2.05) is 37.3 Å². The fourth-order valence-corrected chi connectivity index (χ4v) is 7.39. The summed E-state index contributed by atoms with van der Waals surface area (Å²) in [5.41, 5.74) is 1.08. The average molecular weight is 713 g/mol. The number of likely N-dealkylation sites (tertiary alicyclic amines) is 1. The number of fused-ring (bicyclic) bond motifs is 1. The molecule has 13 heteroatoms. The summed E-state index contributed by atoms with van der Waals surface area (Å²) in [4.78, 5) is 21.5. The van der Waals surface area contributed by atoms with Crippen LogP contribution >= 0.6 is 0 Å². The van der Waals surface area contributed by atoms with Crippen molar-refractivity contribution in [1.82, 2.24) is 20.5 Å². The van der Waals surface area contributed by atoms with Crippen molar-refractivity contribution in [2.24, 2.45) is 0 Å². The quantitative estimate of drug-likeness (QED) is 0.151. The third-order valence-electron chi connectivity index (χ3n) is 9.02. The van der Waals surface area contributed by atoms with E-state index in [0.717, 1.165) is 30.5 Å². The number of amides is 1. The Bertz CT molecular complexity index is 1910. The monoisotopic (exact) mass is 712 g/mol. The van der Waals surface area contributed by atoms with Crippen LogP contribution in [0.4, 0.5) is 13.2 Å². The number of rotatable bonds is 13. The maximum atomic E-state index is 14.6. The van der Waals surface area contributed by atoms with Crippen LogP contribution in [0.2, 0.25) is 0 Å². The summed E-state index contributed by atoms with van der Waals surface area (Å²) in [6.07, 6.45) is -3.11. The van der Waals surface area contributed by atoms with E-state index in [9.17, 15) is 31.5 Å². The predicted octanol–water partition coefficient (Wildman–Crippen LogP) is 6.15. The number of aliphatic hydroxyl groups excluding tert-OH is 1. The molecule has 0 saturated carbocycles. The Balaban J connectivity index is 1.77. The number of pyridine rings is 1. The molecule has 1 saturated heterocycles. The third-order valence-corrected chi connectivity index (χ3v) is 10.8. The highest BCUT2D eigenvalue weighted by molar-refractivity contribution is 7.91. The van der Waals surface area contributed by atoms with Gasteiger partial charge >= 0.3 is 6.18 Å². The maximum Gasteiger partial charge on any atom is 0.416 e. The van der Waals surface area contributed by atoms with Gasteiger partial charge in [-0.1, -0.05) is 49.4 Å². The van der Waals surface area contributed by atoms with Gasteiger partial charge in [-0.15, -0.1) is 0 Å². The zero-order chi connectivity index (χ0) is 36.1. The number of aromatic nitrogens is 1. The first-order valence-corrected chi connectivity index (χ1v) is 18.5. The molecular weight excluding hydrogens is 669 g/mol. The third kappa shape index (κ3) is 8.45. The number of piperidine rings is 1. The lowest BCUT2D eigenvalue weighted by Crippen LogP contribution is -2.43. The fraction of sp³-hybridized carbons (Fsp3) is 0.405. The largest absolute Gasteiger partial charge is 0.492 e. The van der Waals surface area contributed by atoms with Crippen molar-refractivity contribution in [3.8, 4) is 17.0 Å². The molecule has 50 heavy (non-hydrogen) atoms. The smallest absolute Gasteiger partial charge is 0.416 e. The number of benzene rings is 3. The number of nitrogens with zero attached hydrogens (tertiary/aromatic N) is 2. The molecule has 3 N–H and O–H groups in total. The minimum atomic E-state index is -4.62. The Morgan fingerprint density at radius 2 is 1.78 bits per heavy atom. The summed E-state index contributed by atoms with van der Waals surface area (Å²) >= 11 is 0. The molecule has 1 amide bonds. The summed E-state index contributed by atoms with van der Waals surface area (Å²) in [5.74, 6) is -0.674. The molecule has 0 spiro atoms. The molecule has 4 aromatic rings. The molecule has 1 aliphatic heterocycles. The van der Waals surface area contributed by atoms with Gasteiger partial charge in [-0.2, -0.15) is 13.2 Å². The predicted molar refractivity (Wildman–Crippen MR) is 187 cm³/mol. The van der Waals surface area contributed by atoms with E-state index in [2.05, 4.69) is 15.5 Å². The Kier molecular flexibility index (Phi) is 11.8. The fourth-order valence-electron chi connectivity index (χ4n) is 6.35. The van der Waals surface area contributed by atoms with Crippen molar-refractivity contribution in [2.45, 2.75) is 63.3 Å². The van der Waals surface area contributed by atoms with Gasteiger partial charge in [0, 0.05) is 41.7 Å². The molecule has 9 nitrogen and oxygen atoms in total. The lowest BCUT2D eigenvalue weighted by Gasteiger charge is -2.33. The minimum Gasteiger partial charge on any atom is -0.492 e. The number of aliphatic hydroxyl groups is 1. The number of sulfone groups is 1. The van der Waals surface area contributed by atoms with E-state index in [4.69, 9.17) is 9.72 Å². The Morgan fingerprint density at radius 1 is 1.06 bits per heavy atom. The molecule has 1 fully saturated rings. The molecule has 2 heterocycles. The van der Waals surface area contributed by atoms with Gasteiger partial charge in [0.15, 0.2) is 9.84 Å². The zero-order valence-corrected chi connectivity index (χ0v) is 29.2. The molecule has 268 valence electrons. The van der Waals surface area contributed by atoms with Crippen molar-refractivity contribution in [3.05, 3.63) is 89.0 Å². The summed E-state index contributed by atoms with van der Waals surface area (Å²) in [5, 5.41) is 15.9. The molecule has 3 aromatic carbocycles. The first kappa shape index (κ1) is 37.2. The van der Waals surface area contributed by atoms with E-state index in [1.165, 1.54) is 31.2 Å². The Morgan fingerprint density at radius 3 is 2.42 bits per heavy atom. The van der Waals surface area contributed by atoms with E-state index in [1.54, 1.807) is 6.92 Å². The lowest BCUT2D eigenvalue weighted by atomic mass is 9.93. The van der Waals surface area contributed by atoms with Crippen LogP contribution in [-0.4, -0.2) is 74.0 Å². The number of alkyl halides is 3. The van der Waals surface area contributed by atoms with Crippen LogP contribution < -0.4 is 15.4 Å². The van der Waals surface area contributed by atoms with Crippen molar-refractivity contribution < 1.29 is 36.2 Å². The average Bonchev–Trinajstić information content (AvgIpc) is 3.10. The topological polar surface area (TPSA) is 121 Å². The molecule has 1 aliphatic rings. The highest BCUT2D eigenvalue weighted by Gasteiger charge is 2.33. The van der Waals surface area contributed by atoms with Crippen LogP contribution in [0.5, 0.6) is 5.75 Å². The molecule has 0 bridgehead atoms. The van der Waals surface area contributed by atoms with Crippen molar-refractivity contribution in [3.63, 3.8) is 0 Å². The summed E-state index contributed by atoms with van der Waals surface area (Å²) in [6, 6.07) is 16.8. The lowest BCUT2D eigenvalue weighted by molar-refractivity contribution is -0.137. The van der Waals surface area contributed by atoms with Crippen LogP contribution in [0.15, 0.2) is 71.6 Å². The molecule has 5 rings (SSSR count). The summed E-state index contributed by atoms with van der Waals surface area (Å²) in [6.45, 7) is 7.10. The molecule has 1 atom stereocenters. The number of carbonyl (C=O) groups is 1. The van der Waals surface area contributed by atoms with Gasteiger partial charge in [0.2, 0.25) is 0 Å². The number of hydrogen-bond donors (Lipinski definition) is 3. The zero-order valence-electron chi connectivity index (χ0n) is 28.4. The van der Waals surface area contributed by atoms with Crippen molar-refractivity contribution in [2.75, 3.05) is 38.6 Å². The number of carbonyl (C=O) groups excluding carboxylic acids is 1. The van der Waals surface area contributed by atoms with Gasteiger partial charge in [-0.05, 0) is 63.5 Å². The van der Waals surface area contributed by atoms with Gasteiger partial charge < -0.3 is 20.5 Å². The second kappa shape index (κ2) is 15.9. The van der Waals surface area contributed by atoms with E-state index < -0.39 is 33.5 Å². The van der Waals surface area contributed by atoms with Crippen LogP contribution in [0.1, 0.15) is 66.7 Å². The normalized spacial score (nSPS) is 15.3. The van der Waals surface area contributed by atoms with Crippen molar-refractivity contribution in [1.29, 1.82) is 0 Å². The maximum absolute atomic E-state index is 14.6. The Labute approximate surface area is 290 Å². The Hall–Kier alpha value is -4.04. The number of nitrogens with one attached hydrogen (secondary N) is 2. The van der Waals surface area contributed by atoms with Crippen LogP contribution in [0.25, 0.3) is 22.2 Å². The molecular formula is C37H43F3N4O5S. The SMILES string of the molecule is CCOc1cc2nc(-c3cccc(C(F)(F)F)c3)c(CN3CCC(NCCO)CC3)c(C(=O)NC(C)c3ccccc3)c2cc1S(=O)(=O)CC. The first-order chi connectivity index (χ1) is 23.9. The molecule has 1 aromatic heterocycles. The van der Waals surface area contributed by atoms with Crippen LogP contribution in [0.3, 0.4) is 0 Å². The second-order valence-electron chi connectivity index (χ2n) is 12.4. The van der Waals surface area contributed by atoms with Crippen LogP contribution in [-0.2, 0) is 22.6 Å². The highest BCUT2D eigenvalue weighted by atomic mass is 32.2. The molecule has 0 aliphatic carbocycles. The van der Waals surface area contributed by atoms with E-state index in [-0.39, 0.29) is 69.9 Å². The van der Waals surface area contributed by atoms with E-state index in [0.29, 0.717) is 25.2 Å². The molecule has 1 unspecified atom stereocenters. The van der Waals surface area contributed by atoms with E-state index >= 15 is 0 Å². The number of hydrogen-bond acceptors (Lipinski definition) is 8. The van der Waals surface area contributed by atoms with Gasteiger partial charge in [0.25, 0.3) is 5.91 Å². The van der Waals surface area contributed by atoms with Crippen LogP contribution in [0, 0.1) is 0 Å². The van der Waals surface area contributed by atoms with Gasteiger partial charge in [-0.3, -0.25) is 9.69 Å². The highest BCUT2D eigenvalue weighted by Crippen LogP contribution is 2.39. The second-order valence-corrected chi connectivity index (χ2v) is 14.6. The summed E-state index contributed by atoms with van der Waals surface area (Å²) < 4.78 is 74.5. The van der Waals surface area contributed by atoms with Gasteiger partial charge in [0.1, 0.15) is 10.6 Å². The standard InChI is InChI=1S/C37H43F3N4O5S/c1-4-49-32-22-31-29(21-33(32)50(47,48)5-2)34(36(46)42-24(3)25-10-7-6-8-11-25)30(23-44-17-14-28(15-18-44)41-16-19-45)35(43-31)26-12-9-13-27(20-26)37(38,39)40/h6-13,20-22,24,28,41,45H,4-5,14-19,23H2,1-3H3,(H,42,46). The first-order valence-electron chi connectivity index (χ1n) is 16.8. The van der Waals surface area contributed by atoms with Crippen molar-refractivity contribution >= 4 is 26.6 Å². The molecule has 0 radical (unpaired) electrons. The minimum absolute atomic E-state index is 0.0178. The number of halogens is 3. The summed E-state index contributed by atoms with van der Waals surface area (Å²) in [7, 11) is -3.83. The van der Waals surface area contributed by atoms with Gasteiger partial charge in [-0.25, -0.2) is 13.4 Å².